The summed E-state index contributed by atoms with van der Waals surface area (Å²) < 4.78 is 27.3. The van der Waals surface area contributed by atoms with E-state index in [0.29, 0.717) is 5.56 Å². The zero-order chi connectivity index (χ0) is 25.5. The van der Waals surface area contributed by atoms with Crippen molar-refractivity contribution in [3.63, 3.8) is 0 Å². The Hall–Kier alpha value is -3.26. The van der Waals surface area contributed by atoms with Crippen molar-refractivity contribution in [2.24, 2.45) is 0 Å². The molecule has 0 bridgehead atoms. The SMILES string of the molecule is COc1cc(C2(O)Oc3cc(O)ccc3C=C2O[C@@H]2O[C@H](CO)[C@@H](O)[C@H](O)[C@H]2O)cc(OC)c1O. The molecule has 0 radical (unpaired) electrons. The standard InChI is InChI=1S/C23H26O12/c1-31-14-6-11(7-15(32-2)18(14)26)23(30)17(5-10-3-4-12(25)8-13(10)35-23)34-22-21(29)20(28)19(27)16(9-24)33-22/h3-8,16,19-22,24-30H,9H2,1-2H3/t16-,19-,20+,21-,22+,23?/m1/s1. The zero-order valence-corrected chi connectivity index (χ0v) is 18.7. The van der Waals surface area contributed by atoms with Crippen LogP contribution in [0.3, 0.4) is 0 Å². The molecule has 2 aliphatic rings. The quantitative estimate of drug-likeness (QED) is 0.273. The van der Waals surface area contributed by atoms with Crippen molar-refractivity contribution < 1.29 is 59.4 Å². The molecule has 2 aromatic carbocycles. The highest BCUT2D eigenvalue weighted by molar-refractivity contribution is 5.66. The van der Waals surface area contributed by atoms with Crippen LogP contribution in [-0.2, 0) is 15.3 Å². The Morgan fingerprint density at radius 2 is 1.60 bits per heavy atom. The molecule has 2 heterocycles. The van der Waals surface area contributed by atoms with Crippen molar-refractivity contribution in [1.82, 2.24) is 0 Å². The molecule has 12 nitrogen and oxygen atoms in total. The third kappa shape index (κ3) is 4.31. The molecular formula is C23H26O12. The molecule has 0 aromatic heterocycles. The van der Waals surface area contributed by atoms with Crippen LogP contribution in [0, 0.1) is 0 Å². The minimum Gasteiger partial charge on any atom is -0.508 e. The van der Waals surface area contributed by atoms with E-state index in [1.54, 1.807) is 0 Å². The van der Waals surface area contributed by atoms with Gasteiger partial charge in [-0.05, 0) is 30.3 Å². The number of benzene rings is 2. The third-order valence-electron chi connectivity index (χ3n) is 5.84. The fourth-order valence-electron chi connectivity index (χ4n) is 3.87. The topological polar surface area (TPSA) is 188 Å². The van der Waals surface area contributed by atoms with E-state index in [4.69, 9.17) is 23.7 Å². The lowest BCUT2D eigenvalue weighted by Gasteiger charge is -2.42. The Balaban J connectivity index is 1.81. The molecule has 1 saturated heterocycles. The molecule has 1 unspecified atom stereocenters. The summed E-state index contributed by atoms with van der Waals surface area (Å²) in [5.74, 6) is -3.30. The highest BCUT2D eigenvalue weighted by Crippen LogP contribution is 2.47. The van der Waals surface area contributed by atoms with Gasteiger partial charge in [-0.25, -0.2) is 0 Å². The first kappa shape index (κ1) is 24.9. The minimum absolute atomic E-state index is 0.0335. The summed E-state index contributed by atoms with van der Waals surface area (Å²) in [5, 5.41) is 72.0. The molecule has 0 saturated carbocycles. The van der Waals surface area contributed by atoms with Gasteiger partial charge in [0.25, 0.3) is 5.79 Å². The van der Waals surface area contributed by atoms with Crippen LogP contribution >= 0.6 is 0 Å². The van der Waals surface area contributed by atoms with Crippen LogP contribution in [0.15, 0.2) is 36.1 Å². The summed E-state index contributed by atoms with van der Waals surface area (Å²) in [4.78, 5) is 0. The molecule has 4 rings (SSSR count). The molecule has 0 aliphatic carbocycles. The highest BCUT2D eigenvalue weighted by atomic mass is 16.7. The maximum atomic E-state index is 11.7. The number of aliphatic hydroxyl groups is 5. The molecular weight excluding hydrogens is 468 g/mol. The van der Waals surface area contributed by atoms with E-state index in [-0.39, 0.29) is 40.1 Å². The maximum absolute atomic E-state index is 11.7. The van der Waals surface area contributed by atoms with Crippen LogP contribution in [0.1, 0.15) is 11.1 Å². The molecule has 190 valence electrons. The lowest BCUT2D eigenvalue weighted by atomic mass is 9.96. The van der Waals surface area contributed by atoms with Gasteiger partial charge >= 0.3 is 0 Å². The summed E-state index contributed by atoms with van der Waals surface area (Å²) in [5.41, 5.74) is 0.346. The molecule has 6 atom stereocenters. The summed E-state index contributed by atoms with van der Waals surface area (Å²) in [6, 6.07) is 6.64. The van der Waals surface area contributed by atoms with Crippen molar-refractivity contribution in [2.75, 3.05) is 20.8 Å². The van der Waals surface area contributed by atoms with Crippen molar-refractivity contribution >= 4 is 6.08 Å². The normalized spacial score (nSPS) is 30.0. The van der Waals surface area contributed by atoms with Crippen LogP contribution in [0.4, 0.5) is 0 Å². The summed E-state index contributed by atoms with van der Waals surface area (Å²) in [6.45, 7) is -0.681. The van der Waals surface area contributed by atoms with Gasteiger partial charge in [-0.2, -0.15) is 0 Å². The third-order valence-corrected chi connectivity index (χ3v) is 5.84. The first-order chi connectivity index (χ1) is 16.6. The predicted molar refractivity (Wildman–Crippen MR) is 117 cm³/mol. The second-order valence-corrected chi connectivity index (χ2v) is 8.02. The Morgan fingerprint density at radius 3 is 2.20 bits per heavy atom. The zero-order valence-electron chi connectivity index (χ0n) is 18.7. The molecule has 0 spiro atoms. The van der Waals surface area contributed by atoms with Gasteiger partial charge in [0, 0.05) is 17.2 Å². The van der Waals surface area contributed by atoms with Crippen molar-refractivity contribution in [2.45, 2.75) is 36.5 Å². The Labute approximate surface area is 199 Å². The second kappa shape index (κ2) is 9.41. The van der Waals surface area contributed by atoms with E-state index < -0.39 is 43.1 Å². The first-order valence-electron chi connectivity index (χ1n) is 10.5. The van der Waals surface area contributed by atoms with Crippen molar-refractivity contribution in [3.05, 3.63) is 47.2 Å². The maximum Gasteiger partial charge on any atom is 0.294 e. The Bertz CT molecular complexity index is 1090. The number of fused-ring (bicyclic) bond motifs is 1. The monoisotopic (exact) mass is 494 g/mol. The average molecular weight is 494 g/mol. The number of phenols is 2. The lowest BCUT2D eigenvalue weighted by Crippen LogP contribution is -2.59. The van der Waals surface area contributed by atoms with Gasteiger partial charge < -0.3 is 59.4 Å². The Kier molecular flexibility index (Phi) is 6.68. The van der Waals surface area contributed by atoms with E-state index >= 15 is 0 Å². The van der Waals surface area contributed by atoms with Gasteiger partial charge in [-0.1, -0.05) is 0 Å². The van der Waals surface area contributed by atoms with E-state index in [1.165, 1.54) is 50.6 Å². The number of aliphatic hydroxyl groups excluding tert-OH is 4. The van der Waals surface area contributed by atoms with Gasteiger partial charge in [0.1, 0.15) is 35.9 Å². The average Bonchev–Trinajstić information content (AvgIpc) is 2.84. The second-order valence-electron chi connectivity index (χ2n) is 8.02. The van der Waals surface area contributed by atoms with Crippen LogP contribution in [0.5, 0.6) is 28.7 Å². The van der Waals surface area contributed by atoms with Crippen molar-refractivity contribution in [3.8, 4) is 28.7 Å². The molecule has 12 heteroatoms. The van der Waals surface area contributed by atoms with E-state index in [9.17, 15) is 35.7 Å². The fraction of sp³-hybridized carbons (Fsp3) is 0.391. The molecule has 0 amide bonds. The van der Waals surface area contributed by atoms with Gasteiger partial charge in [0.05, 0.1) is 20.8 Å². The number of methoxy groups -OCH3 is 2. The van der Waals surface area contributed by atoms with E-state index in [0.717, 1.165) is 0 Å². The molecule has 35 heavy (non-hydrogen) atoms. The summed E-state index contributed by atoms with van der Waals surface area (Å²) in [7, 11) is 2.58. The van der Waals surface area contributed by atoms with Crippen LogP contribution < -0.4 is 14.2 Å². The summed E-state index contributed by atoms with van der Waals surface area (Å²) in [6.07, 6.45) is -6.63. The number of aromatic hydroxyl groups is 2. The first-order valence-corrected chi connectivity index (χ1v) is 10.5. The molecule has 1 fully saturated rings. The fourth-order valence-corrected chi connectivity index (χ4v) is 3.87. The summed E-state index contributed by atoms with van der Waals surface area (Å²) >= 11 is 0. The number of rotatable bonds is 6. The predicted octanol–water partition coefficient (Wildman–Crippen LogP) is -0.490. The Morgan fingerprint density at radius 1 is 0.943 bits per heavy atom. The minimum atomic E-state index is -2.44. The number of hydrogen-bond acceptors (Lipinski definition) is 12. The largest absolute Gasteiger partial charge is 0.508 e. The smallest absolute Gasteiger partial charge is 0.294 e. The van der Waals surface area contributed by atoms with Crippen molar-refractivity contribution in [1.29, 1.82) is 0 Å². The molecule has 2 aromatic rings. The number of phenolic OH excluding ortho intramolecular Hbond substituents is 2. The van der Waals surface area contributed by atoms with Gasteiger partial charge in [0.15, 0.2) is 17.3 Å². The highest BCUT2D eigenvalue weighted by Gasteiger charge is 2.49. The lowest BCUT2D eigenvalue weighted by molar-refractivity contribution is -0.303. The van der Waals surface area contributed by atoms with Gasteiger partial charge in [-0.15, -0.1) is 0 Å². The van der Waals surface area contributed by atoms with E-state index in [1.807, 2.05) is 0 Å². The van der Waals surface area contributed by atoms with Crippen LogP contribution in [0.2, 0.25) is 0 Å². The van der Waals surface area contributed by atoms with Gasteiger partial charge in [-0.3, -0.25) is 0 Å². The van der Waals surface area contributed by atoms with Crippen LogP contribution in [-0.4, -0.2) is 87.3 Å². The van der Waals surface area contributed by atoms with E-state index in [2.05, 4.69) is 0 Å². The van der Waals surface area contributed by atoms with Gasteiger partial charge in [0.2, 0.25) is 12.0 Å². The molecule has 2 aliphatic heterocycles. The number of ether oxygens (including phenoxy) is 5. The van der Waals surface area contributed by atoms with Crippen LogP contribution in [0.25, 0.3) is 6.08 Å². The molecule has 7 N–H and O–H groups in total. The number of hydrogen-bond donors (Lipinski definition) is 7.